The maximum atomic E-state index is 5.40. The maximum Gasteiger partial charge on any atom is 0.0762 e. The van der Waals surface area contributed by atoms with E-state index in [1.54, 1.807) is 0 Å². The smallest absolute Gasteiger partial charge is 0.0762 e. The molecule has 0 aromatic heterocycles. The molecule has 1 heteroatoms. The average Bonchev–Trinajstić information content (AvgIpc) is 2.14. The molecule has 0 saturated carbocycles. The van der Waals surface area contributed by atoms with Gasteiger partial charge >= 0.3 is 0 Å². The van der Waals surface area contributed by atoms with Crippen LogP contribution in [0.3, 0.4) is 0 Å². The van der Waals surface area contributed by atoms with Gasteiger partial charge in [-0.1, -0.05) is 19.1 Å². The van der Waals surface area contributed by atoms with E-state index in [0.29, 0.717) is 12.2 Å². The number of hydrogen-bond acceptors (Lipinski definition) is 1. The number of hydrogen-bond donors (Lipinski definition) is 0. The molecule has 0 unspecified atom stereocenters. The Hall–Kier alpha value is -0.300. The van der Waals surface area contributed by atoms with Gasteiger partial charge in [-0.25, -0.2) is 0 Å². The number of ether oxygens (including phenoxy) is 1. The molecule has 1 aliphatic heterocycles. The molecule has 1 nitrogen and oxygen atoms in total. The van der Waals surface area contributed by atoms with E-state index in [1.807, 2.05) is 0 Å². The van der Waals surface area contributed by atoms with Crippen molar-refractivity contribution in [1.82, 2.24) is 0 Å². The van der Waals surface area contributed by atoms with Crippen LogP contribution in [0.1, 0.15) is 20.3 Å². The fourth-order valence-electron chi connectivity index (χ4n) is 0.879. The van der Waals surface area contributed by atoms with Crippen molar-refractivity contribution in [3.63, 3.8) is 0 Å². The van der Waals surface area contributed by atoms with E-state index in [9.17, 15) is 0 Å². The van der Waals surface area contributed by atoms with Crippen LogP contribution in [-0.4, -0.2) is 12.2 Å². The van der Waals surface area contributed by atoms with Gasteiger partial charge in [-0.2, -0.15) is 0 Å². The van der Waals surface area contributed by atoms with Crippen LogP contribution < -0.4 is 0 Å². The molecule has 0 spiro atoms. The summed E-state index contributed by atoms with van der Waals surface area (Å²) in [6.07, 6.45) is 6.07. The van der Waals surface area contributed by atoms with E-state index in [2.05, 4.69) is 26.0 Å². The average molecular weight is 112 g/mol. The summed E-state index contributed by atoms with van der Waals surface area (Å²) in [5.41, 5.74) is 0. The second kappa shape index (κ2) is 2.31. The van der Waals surface area contributed by atoms with Crippen molar-refractivity contribution < 1.29 is 4.74 Å². The zero-order valence-corrected chi connectivity index (χ0v) is 5.42. The Labute approximate surface area is 50.3 Å². The van der Waals surface area contributed by atoms with Gasteiger partial charge in [0.05, 0.1) is 12.2 Å². The lowest BCUT2D eigenvalue weighted by Gasteiger charge is -2.06. The highest BCUT2D eigenvalue weighted by atomic mass is 16.5. The van der Waals surface area contributed by atoms with E-state index in [0.717, 1.165) is 6.42 Å². The summed E-state index contributed by atoms with van der Waals surface area (Å²) < 4.78 is 5.40. The van der Waals surface area contributed by atoms with Gasteiger partial charge in [-0.3, -0.25) is 0 Å². The number of rotatable bonds is 1. The van der Waals surface area contributed by atoms with Crippen molar-refractivity contribution in [2.24, 2.45) is 0 Å². The second-order valence-electron chi connectivity index (χ2n) is 2.17. The first-order valence-corrected chi connectivity index (χ1v) is 3.16. The Morgan fingerprint density at radius 3 is 2.50 bits per heavy atom. The van der Waals surface area contributed by atoms with Crippen LogP contribution >= 0.6 is 0 Å². The lowest BCUT2D eigenvalue weighted by Crippen LogP contribution is -2.06. The summed E-state index contributed by atoms with van der Waals surface area (Å²) in [6, 6.07) is 0. The van der Waals surface area contributed by atoms with Crippen LogP contribution in [0.15, 0.2) is 12.2 Å². The van der Waals surface area contributed by atoms with Gasteiger partial charge in [0.25, 0.3) is 0 Å². The van der Waals surface area contributed by atoms with E-state index in [1.165, 1.54) is 0 Å². The third kappa shape index (κ3) is 1.10. The zero-order valence-electron chi connectivity index (χ0n) is 5.42. The molecular formula is C7H12O. The first kappa shape index (κ1) is 5.83. The van der Waals surface area contributed by atoms with Crippen molar-refractivity contribution >= 4 is 0 Å². The summed E-state index contributed by atoms with van der Waals surface area (Å²) in [4.78, 5) is 0. The van der Waals surface area contributed by atoms with Gasteiger partial charge in [-0.15, -0.1) is 0 Å². The summed E-state index contributed by atoms with van der Waals surface area (Å²) in [5, 5.41) is 0. The van der Waals surface area contributed by atoms with Crippen LogP contribution in [0.2, 0.25) is 0 Å². The summed E-state index contributed by atoms with van der Waals surface area (Å²) in [6.45, 7) is 4.19. The highest BCUT2D eigenvalue weighted by molar-refractivity contribution is 4.99. The molecule has 0 aromatic rings. The van der Waals surface area contributed by atoms with Crippen molar-refractivity contribution in [1.29, 1.82) is 0 Å². The molecule has 0 N–H and O–H groups in total. The highest BCUT2D eigenvalue weighted by Crippen LogP contribution is 2.12. The maximum absolute atomic E-state index is 5.40. The molecule has 0 aromatic carbocycles. The minimum Gasteiger partial charge on any atom is -0.367 e. The Balaban J connectivity index is 2.34. The molecule has 0 aliphatic carbocycles. The van der Waals surface area contributed by atoms with E-state index in [4.69, 9.17) is 4.74 Å². The Morgan fingerprint density at radius 2 is 2.25 bits per heavy atom. The van der Waals surface area contributed by atoms with Crippen molar-refractivity contribution in [2.45, 2.75) is 32.5 Å². The molecule has 8 heavy (non-hydrogen) atoms. The van der Waals surface area contributed by atoms with Crippen molar-refractivity contribution in [3.05, 3.63) is 12.2 Å². The van der Waals surface area contributed by atoms with Crippen LogP contribution in [0, 0.1) is 0 Å². The predicted octanol–water partition coefficient (Wildman–Crippen LogP) is 1.74. The van der Waals surface area contributed by atoms with Crippen molar-refractivity contribution in [3.8, 4) is 0 Å². The summed E-state index contributed by atoms with van der Waals surface area (Å²) in [5.74, 6) is 0. The first-order chi connectivity index (χ1) is 3.83. The van der Waals surface area contributed by atoms with Gasteiger partial charge in [-0.05, 0) is 13.3 Å². The minimum absolute atomic E-state index is 0.347. The largest absolute Gasteiger partial charge is 0.367 e. The van der Waals surface area contributed by atoms with Gasteiger partial charge in [0.1, 0.15) is 0 Å². The van der Waals surface area contributed by atoms with E-state index < -0.39 is 0 Å². The van der Waals surface area contributed by atoms with E-state index in [-0.39, 0.29) is 0 Å². The minimum atomic E-state index is 0.347. The normalized spacial score (nSPS) is 36.2. The standard InChI is InChI=1S/C7H12O/c1-3-7-5-4-6(2)8-7/h4-7H,3H2,1-2H3/t6-,7+/m0/s1. The highest BCUT2D eigenvalue weighted by Gasteiger charge is 2.11. The second-order valence-corrected chi connectivity index (χ2v) is 2.17. The monoisotopic (exact) mass is 112 g/mol. The Bertz CT molecular complexity index is 96.6. The molecule has 0 saturated heterocycles. The van der Waals surface area contributed by atoms with Crippen molar-refractivity contribution in [2.75, 3.05) is 0 Å². The molecule has 1 aliphatic rings. The predicted molar refractivity (Wildman–Crippen MR) is 33.8 cm³/mol. The summed E-state index contributed by atoms with van der Waals surface area (Å²) in [7, 11) is 0. The van der Waals surface area contributed by atoms with Gasteiger partial charge in [0.2, 0.25) is 0 Å². The molecule has 0 radical (unpaired) electrons. The Kier molecular flexibility index (Phi) is 1.69. The zero-order chi connectivity index (χ0) is 5.98. The third-order valence-corrected chi connectivity index (χ3v) is 1.39. The van der Waals surface area contributed by atoms with Crippen LogP contribution in [0.25, 0.3) is 0 Å². The molecule has 2 atom stereocenters. The summed E-state index contributed by atoms with van der Waals surface area (Å²) >= 11 is 0. The first-order valence-electron chi connectivity index (χ1n) is 3.16. The SMILES string of the molecule is CC[C@@H]1C=C[C@H](C)O1. The topological polar surface area (TPSA) is 9.23 Å². The molecule has 0 amide bonds. The van der Waals surface area contributed by atoms with Crippen LogP contribution in [-0.2, 0) is 4.74 Å². The molecular weight excluding hydrogens is 100 g/mol. The lowest BCUT2D eigenvalue weighted by molar-refractivity contribution is 0.0696. The fraction of sp³-hybridized carbons (Fsp3) is 0.714. The van der Waals surface area contributed by atoms with E-state index >= 15 is 0 Å². The molecule has 0 bridgehead atoms. The molecule has 1 heterocycles. The van der Waals surface area contributed by atoms with Gasteiger partial charge in [0, 0.05) is 0 Å². The lowest BCUT2D eigenvalue weighted by atomic mass is 10.3. The molecule has 1 rings (SSSR count). The molecule has 46 valence electrons. The van der Waals surface area contributed by atoms with Gasteiger partial charge < -0.3 is 4.74 Å². The third-order valence-electron chi connectivity index (χ3n) is 1.39. The van der Waals surface area contributed by atoms with Gasteiger partial charge in [0.15, 0.2) is 0 Å². The van der Waals surface area contributed by atoms with Crippen LogP contribution in [0.4, 0.5) is 0 Å². The Morgan fingerprint density at radius 1 is 1.50 bits per heavy atom. The fourth-order valence-corrected chi connectivity index (χ4v) is 0.879. The quantitative estimate of drug-likeness (QED) is 0.469. The van der Waals surface area contributed by atoms with Crippen LogP contribution in [0.5, 0.6) is 0 Å². The molecule has 0 fully saturated rings.